The van der Waals surface area contributed by atoms with E-state index in [-0.39, 0.29) is 25.0 Å². The van der Waals surface area contributed by atoms with Crippen LogP contribution in [0.1, 0.15) is 32.1 Å². The Balaban J connectivity index is 1.36. The maximum absolute atomic E-state index is 12.9. The van der Waals surface area contributed by atoms with E-state index in [1.165, 1.54) is 4.90 Å². The molecule has 0 saturated heterocycles. The number of carbonyl (C=O) groups excluding carboxylic acids is 2. The van der Waals surface area contributed by atoms with E-state index in [0.717, 1.165) is 22.8 Å². The van der Waals surface area contributed by atoms with Gasteiger partial charge in [0.1, 0.15) is 12.4 Å². The minimum Gasteiger partial charge on any atom is -0.491 e. The summed E-state index contributed by atoms with van der Waals surface area (Å²) in [6, 6.07) is 19.2. The van der Waals surface area contributed by atoms with Crippen LogP contribution in [0.4, 0.5) is 0 Å². The van der Waals surface area contributed by atoms with E-state index in [2.05, 4.69) is 0 Å². The van der Waals surface area contributed by atoms with Gasteiger partial charge in [0.25, 0.3) is 11.8 Å². The van der Waals surface area contributed by atoms with Crippen molar-refractivity contribution in [1.29, 1.82) is 0 Å². The average molecular weight is 404 g/mol. The molecule has 0 spiro atoms. The lowest BCUT2D eigenvalue weighted by Crippen LogP contribution is -2.34. The smallest absolute Gasteiger partial charge is 0.263 e. The fraction of sp³-hybridized carbons (Fsp3) is 0.250. The van der Waals surface area contributed by atoms with Gasteiger partial charge in [-0.25, -0.2) is 0 Å². The number of hydrogen-bond donors (Lipinski definition) is 0. The largest absolute Gasteiger partial charge is 0.491 e. The van der Waals surface area contributed by atoms with Gasteiger partial charge in [0, 0.05) is 17.1 Å². The first-order chi connectivity index (χ1) is 14.6. The number of imide groups is 1. The summed E-state index contributed by atoms with van der Waals surface area (Å²) in [7, 11) is 0. The van der Waals surface area contributed by atoms with Gasteiger partial charge in [0.2, 0.25) is 0 Å². The van der Waals surface area contributed by atoms with Gasteiger partial charge in [-0.15, -0.1) is 0 Å². The number of aromatic nitrogens is 1. The summed E-state index contributed by atoms with van der Waals surface area (Å²) in [5, 5.41) is 0. The molecule has 6 nitrogen and oxygen atoms in total. The van der Waals surface area contributed by atoms with Gasteiger partial charge in [-0.3, -0.25) is 14.5 Å². The second kappa shape index (κ2) is 8.55. The van der Waals surface area contributed by atoms with Crippen LogP contribution < -0.4 is 4.74 Å². The first kappa shape index (κ1) is 19.9. The van der Waals surface area contributed by atoms with Crippen LogP contribution in [-0.4, -0.2) is 47.6 Å². The zero-order valence-electron chi connectivity index (χ0n) is 17.1. The summed E-state index contributed by atoms with van der Waals surface area (Å²) in [6.07, 6.45) is 0. The van der Waals surface area contributed by atoms with Gasteiger partial charge in [-0.05, 0) is 38.1 Å². The van der Waals surface area contributed by atoms with E-state index in [9.17, 15) is 9.59 Å². The number of benzene rings is 2. The number of para-hydroxylation sites is 2. The molecular weight excluding hydrogens is 380 g/mol. The molecule has 2 amide bonds. The minimum absolute atomic E-state index is 0.224. The second-order valence-electron chi connectivity index (χ2n) is 7.13. The van der Waals surface area contributed by atoms with Crippen molar-refractivity contribution >= 4 is 11.8 Å². The molecule has 1 aromatic heterocycles. The molecule has 0 unspecified atom stereocenters. The Labute approximate surface area is 175 Å². The summed E-state index contributed by atoms with van der Waals surface area (Å²) in [5.74, 6) is 0.274. The molecule has 0 aliphatic carbocycles. The summed E-state index contributed by atoms with van der Waals surface area (Å²) in [5.41, 5.74) is 3.50. The predicted molar refractivity (Wildman–Crippen MR) is 113 cm³/mol. The maximum atomic E-state index is 12.9. The highest BCUT2D eigenvalue weighted by molar-refractivity contribution is 6.22. The summed E-state index contributed by atoms with van der Waals surface area (Å²) in [4.78, 5) is 27.2. The molecule has 0 fully saturated rings. The van der Waals surface area contributed by atoms with Crippen molar-refractivity contribution in [2.45, 2.75) is 13.8 Å². The van der Waals surface area contributed by atoms with Gasteiger partial charge in [-0.1, -0.05) is 36.4 Å². The molecule has 3 aromatic rings. The number of ether oxygens (including phenoxy) is 2. The van der Waals surface area contributed by atoms with Crippen LogP contribution in [0.25, 0.3) is 5.69 Å². The van der Waals surface area contributed by atoms with Crippen molar-refractivity contribution < 1.29 is 19.1 Å². The van der Waals surface area contributed by atoms with E-state index in [1.807, 2.05) is 79.1 Å². The number of hydrogen-bond acceptors (Lipinski definition) is 4. The molecule has 0 saturated carbocycles. The molecule has 0 bridgehead atoms. The van der Waals surface area contributed by atoms with Crippen molar-refractivity contribution in [3.8, 4) is 11.4 Å². The zero-order valence-corrected chi connectivity index (χ0v) is 17.1. The Morgan fingerprint density at radius 2 is 1.30 bits per heavy atom. The van der Waals surface area contributed by atoms with Crippen molar-refractivity contribution in [2.75, 3.05) is 26.4 Å². The Morgan fingerprint density at radius 1 is 0.733 bits per heavy atom. The highest BCUT2D eigenvalue weighted by Gasteiger charge is 2.41. The van der Waals surface area contributed by atoms with Crippen LogP contribution in [0, 0.1) is 13.8 Å². The number of carbonyl (C=O) groups is 2. The summed E-state index contributed by atoms with van der Waals surface area (Å²) < 4.78 is 13.1. The number of fused-ring (bicyclic) bond motifs is 1. The Kier molecular flexibility index (Phi) is 5.68. The lowest BCUT2D eigenvalue weighted by molar-refractivity contribution is 0.0526. The lowest BCUT2D eigenvalue weighted by Gasteiger charge is -2.17. The molecule has 4 rings (SSSR count). The fourth-order valence-electron chi connectivity index (χ4n) is 3.88. The van der Waals surface area contributed by atoms with Gasteiger partial charge in [0.05, 0.1) is 30.9 Å². The van der Waals surface area contributed by atoms with E-state index in [1.54, 1.807) is 0 Å². The SMILES string of the molecule is Cc1c2c(c(C)n1-c1ccccc1)C(=O)N(CCOCCOc1ccccc1)C2=O. The van der Waals surface area contributed by atoms with Crippen LogP contribution in [0.3, 0.4) is 0 Å². The molecule has 154 valence electrons. The van der Waals surface area contributed by atoms with Crippen molar-refractivity contribution in [2.24, 2.45) is 0 Å². The monoisotopic (exact) mass is 404 g/mol. The molecule has 0 atom stereocenters. The summed E-state index contributed by atoms with van der Waals surface area (Å²) in [6.45, 7) is 5.05. The van der Waals surface area contributed by atoms with Crippen LogP contribution in [0.15, 0.2) is 60.7 Å². The van der Waals surface area contributed by atoms with Crippen LogP contribution >= 0.6 is 0 Å². The third-order valence-corrected chi connectivity index (χ3v) is 5.28. The van der Waals surface area contributed by atoms with Crippen LogP contribution in [-0.2, 0) is 4.74 Å². The van der Waals surface area contributed by atoms with Crippen LogP contribution in [0.2, 0.25) is 0 Å². The van der Waals surface area contributed by atoms with Crippen LogP contribution in [0.5, 0.6) is 5.75 Å². The molecule has 2 aromatic carbocycles. The van der Waals surface area contributed by atoms with Gasteiger partial charge in [-0.2, -0.15) is 0 Å². The molecule has 0 radical (unpaired) electrons. The number of nitrogens with zero attached hydrogens (tertiary/aromatic N) is 2. The fourth-order valence-corrected chi connectivity index (χ4v) is 3.88. The predicted octanol–water partition coefficient (Wildman–Crippen LogP) is 3.79. The Hall–Kier alpha value is -3.38. The van der Waals surface area contributed by atoms with E-state index in [4.69, 9.17) is 9.47 Å². The normalized spacial score (nSPS) is 13.1. The number of rotatable bonds is 8. The molecule has 2 heterocycles. The summed E-state index contributed by atoms with van der Waals surface area (Å²) >= 11 is 0. The Bertz CT molecular complexity index is 1020. The third kappa shape index (κ3) is 3.62. The first-order valence-electron chi connectivity index (χ1n) is 9.98. The lowest BCUT2D eigenvalue weighted by atomic mass is 10.1. The third-order valence-electron chi connectivity index (χ3n) is 5.28. The van der Waals surface area contributed by atoms with Gasteiger partial charge >= 0.3 is 0 Å². The highest BCUT2D eigenvalue weighted by atomic mass is 16.5. The second-order valence-corrected chi connectivity index (χ2v) is 7.13. The van der Waals surface area contributed by atoms with E-state index >= 15 is 0 Å². The quantitative estimate of drug-likeness (QED) is 0.423. The van der Waals surface area contributed by atoms with Gasteiger partial charge < -0.3 is 14.0 Å². The van der Waals surface area contributed by atoms with E-state index < -0.39 is 0 Å². The topological polar surface area (TPSA) is 60.8 Å². The molecule has 1 aliphatic heterocycles. The average Bonchev–Trinajstić information content (AvgIpc) is 3.18. The number of amides is 2. The first-order valence-corrected chi connectivity index (χ1v) is 9.98. The Morgan fingerprint density at radius 3 is 1.90 bits per heavy atom. The van der Waals surface area contributed by atoms with Crippen molar-refractivity contribution in [1.82, 2.24) is 9.47 Å². The maximum Gasteiger partial charge on any atom is 0.263 e. The molecule has 30 heavy (non-hydrogen) atoms. The molecule has 1 aliphatic rings. The van der Waals surface area contributed by atoms with Crippen molar-refractivity contribution in [3.05, 3.63) is 83.2 Å². The minimum atomic E-state index is -0.255. The highest BCUT2D eigenvalue weighted by Crippen LogP contribution is 2.33. The standard InChI is InChI=1S/C24H24N2O4/c1-17-21-22(18(2)26(17)19-9-5-3-6-10-19)24(28)25(23(21)27)13-14-29-15-16-30-20-11-7-4-8-12-20/h3-12H,13-16H2,1-2H3. The van der Waals surface area contributed by atoms with Crippen molar-refractivity contribution in [3.63, 3.8) is 0 Å². The molecule has 6 heteroatoms. The molecular formula is C24H24N2O4. The van der Waals surface area contributed by atoms with Gasteiger partial charge in [0.15, 0.2) is 0 Å². The molecule has 0 N–H and O–H groups in total. The van der Waals surface area contributed by atoms with E-state index in [0.29, 0.717) is 24.3 Å². The zero-order chi connectivity index (χ0) is 21.1.